The fourth-order valence-electron chi connectivity index (χ4n) is 4.88. The Balaban J connectivity index is 1.62. The molecule has 0 radical (unpaired) electrons. The van der Waals surface area contributed by atoms with E-state index in [-0.39, 0.29) is 17.3 Å². The van der Waals surface area contributed by atoms with Gasteiger partial charge >= 0.3 is 0 Å². The lowest BCUT2D eigenvalue weighted by molar-refractivity contribution is -0.384. The van der Waals surface area contributed by atoms with Crippen molar-refractivity contribution in [3.05, 3.63) is 135 Å². The molecule has 2 aliphatic rings. The van der Waals surface area contributed by atoms with E-state index in [9.17, 15) is 14.9 Å². The molecule has 6 nitrogen and oxygen atoms in total. The molecule has 4 aromatic rings. The molecule has 0 spiro atoms. The Morgan fingerprint density at radius 3 is 2.69 bits per heavy atom. The molecule has 1 unspecified atom stereocenters. The van der Waals surface area contributed by atoms with Crippen LogP contribution in [0.1, 0.15) is 34.7 Å². The SMILES string of the molecule is O=c1c(=Cc2cccc([N+](=O)[O-])c2)sc2n1C(c1ccccc1Cl)C1=C(N=2)c2ccccc2CC1. The van der Waals surface area contributed by atoms with Gasteiger partial charge in [-0.2, -0.15) is 0 Å². The number of nitrogens with zero attached hydrogens (tertiary/aromatic N) is 3. The first kappa shape index (κ1) is 21.7. The van der Waals surface area contributed by atoms with Crippen LogP contribution in [-0.4, -0.2) is 9.49 Å². The van der Waals surface area contributed by atoms with E-state index >= 15 is 0 Å². The highest BCUT2D eigenvalue weighted by Gasteiger charge is 2.33. The number of allylic oxidation sites excluding steroid dienone is 1. The highest BCUT2D eigenvalue weighted by Crippen LogP contribution is 2.42. The number of benzene rings is 3. The number of rotatable bonds is 3. The molecule has 0 fully saturated rings. The monoisotopic (exact) mass is 499 g/mol. The number of hydrogen-bond acceptors (Lipinski definition) is 5. The summed E-state index contributed by atoms with van der Waals surface area (Å²) in [6, 6.07) is 21.7. The predicted octanol–water partition coefficient (Wildman–Crippen LogP) is 4.88. The summed E-state index contributed by atoms with van der Waals surface area (Å²) in [4.78, 5) is 30.1. The zero-order valence-electron chi connectivity index (χ0n) is 18.3. The number of non-ortho nitro benzene ring substituents is 1. The van der Waals surface area contributed by atoms with E-state index in [1.807, 2.05) is 36.4 Å². The molecule has 0 amide bonds. The van der Waals surface area contributed by atoms with Crippen LogP contribution >= 0.6 is 22.9 Å². The predicted molar refractivity (Wildman–Crippen MR) is 137 cm³/mol. The van der Waals surface area contributed by atoms with E-state index in [0.717, 1.165) is 35.2 Å². The molecule has 0 N–H and O–H groups in total. The van der Waals surface area contributed by atoms with Crippen molar-refractivity contribution in [2.45, 2.75) is 18.9 Å². The van der Waals surface area contributed by atoms with E-state index in [1.165, 1.54) is 29.0 Å². The molecule has 1 aromatic heterocycles. The van der Waals surface area contributed by atoms with E-state index in [4.69, 9.17) is 16.6 Å². The van der Waals surface area contributed by atoms with Crippen LogP contribution in [0.5, 0.6) is 0 Å². The summed E-state index contributed by atoms with van der Waals surface area (Å²) >= 11 is 7.94. The molecule has 1 atom stereocenters. The van der Waals surface area contributed by atoms with Gasteiger partial charge in [-0.05, 0) is 47.2 Å². The van der Waals surface area contributed by atoms with E-state index in [2.05, 4.69) is 12.1 Å². The molecule has 0 bridgehead atoms. The summed E-state index contributed by atoms with van der Waals surface area (Å²) in [5, 5.41) is 11.8. The van der Waals surface area contributed by atoms with Crippen molar-refractivity contribution in [2.75, 3.05) is 0 Å². The molecule has 1 aliphatic heterocycles. The minimum Gasteiger partial charge on any atom is -0.272 e. The Bertz CT molecular complexity index is 1730. The Morgan fingerprint density at radius 1 is 1.06 bits per heavy atom. The summed E-state index contributed by atoms with van der Waals surface area (Å²) in [6.07, 6.45) is 3.33. The van der Waals surface area contributed by atoms with Crippen molar-refractivity contribution in [1.82, 2.24) is 4.57 Å². The normalized spacial score (nSPS) is 16.8. The van der Waals surface area contributed by atoms with Crippen LogP contribution in [0.25, 0.3) is 11.8 Å². The molecule has 0 saturated carbocycles. The summed E-state index contributed by atoms with van der Waals surface area (Å²) < 4.78 is 2.19. The smallest absolute Gasteiger partial charge is 0.271 e. The van der Waals surface area contributed by atoms with Gasteiger partial charge in [-0.3, -0.25) is 19.5 Å². The lowest BCUT2D eigenvalue weighted by atomic mass is 9.83. The van der Waals surface area contributed by atoms with Gasteiger partial charge < -0.3 is 0 Å². The maximum absolute atomic E-state index is 13.7. The van der Waals surface area contributed by atoms with Crippen LogP contribution < -0.4 is 14.9 Å². The third kappa shape index (κ3) is 3.64. The van der Waals surface area contributed by atoms with E-state index < -0.39 is 4.92 Å². The molecule has 6 rings (SSSR count). The number of halogens is 1. The number of nitro groups is 1. The maximum Gasteiger partial charge on any atom is 0.271 e. The molecule has 35 heavy (non-hydrogen) atoms. The highest BCUT2D eigenvalue weighted by atomic mass is 35.5. The van der Waals surface area contributed by atoms with Crippen molar-refractivity contribution in [2.24, 2.45) is 4.99 Å². The van der Waals surface area contributed by atoms with Crippen LogP contribution in [0, 0.1) is 10.1 Å². The topological polar surface area (TPSA) is 77.5 Å². The van der Waals surface area contributed by atoms with Gasteiger partial charge in [0, 0.05) is 22.7 Å². The molecule has 0 saturated heterocycles. The fraction of sp³-hybridized carbons (Fsp3) is 0.111. The first-order valence-electron chi connectivity index (χ1n) is 11.1. The lowest BCUT2D eigenvalue weighted by Crippen LogP contribution is -2.38. The molecule has 172 valence electrons. The molecule has 1 aliphatic carbocycles. The van der Waals surface area contributed by atoms with Gasteiger partial charge in [0.2, 0.25) is 0 Å². The van der Waals surface area contributed by atoms with Crippen molar-refractivity contribution in [3.8, 4) is 0 Å². The first-order valence-corrected chi connectivity index (χ1v) is 12.3. The minimum absolute atomic E-state index is 0.0208. The van der Waals surface area contributed by atoms with E-state index in [0.29, 0.717) is 19.9 Å². The maximum atomic E-state index is 13.7. The second-order valence-corrected chi connectivity index (χ2v) is 9.90. The van der Waals surface area contributed by atoms with Crippen molar-refractivity contribution < 1.29 is 4.92 Å². The minimum atomic E-state index is -0.443. The zero-order chi connectivity index (χ0) is 24.1. The van der Waals surface area contributed by atoms with Crippen molar-refractivity contribution in [1.29, 1.82) is 0 Å². The number of aromatic nitrogens is 1. The van der Waals surface area contributed by atoms with Gasteiger partial charge in [0.1, 0.15) is 0 Å². The molecule has 3 aromatic carbocycles. The summed E-state index contributed by atoms with van der Waals surface area (Å²) in [7, 11) is 0. The zero-order valence-corrected chi connectivity index (χ0v) is 19.9. The van der Waals surface area contributed by atoms with Crippen LogP contribution in [0.3, 0.4) is 0 Å². The van der Waals surface area contributed by atoms with Crippen LogP contribution in [-0.2, 0) is 6.42 Å². The third-order valence-corrected chi connectivity index (χ3v) is 7.78. The third-order valence-electron chi connectivity index (χ3n) is 6.45. The first-order chi connectivity index (χ1) is 17.0. The second-order valence-electron chi connectivity index (χ2n) is 8.49. The number of thiazole rings is 1. The van der Waals surface area contributed by atoms with Gasteiger partial charge in [-0.1, -0.05) is 77.5 Å². The van der Waals surface area contributed by atoms with Crippen LogP contribution in [0.2, 0.25) is 5.02 Å². The molecular formula is C27H18ClN3O3S. The standard InChI is InChI=1S/C27H18ClN3O3S/c28-22-11-4-3-10-20(22)25-21-13-12-17-7-1-2-9-19(17)24(21)29-27-30(25)26(32)23(35-27)15-16-6-5-8-18(14-16)31(33)34/h1-11,14-15,25H,12-13H2. The number of aryl methyl sites for hydroxylation is 1. The average Bonchev–Trinajstić information content (AvgIpc) is 3.18. The Kier molecular flexibility index (Phi) is 5.24. The number of fused-ring (bicyclic) bond motifs is 3. The van der Waals surface area contributed by atoms with Gasteiger partial charge in [0.15, 0.2) is 4.80 Å². The largest absolute Gasteiger partial charge is 0.272 e. The van der Waals surface area contributed by atoms with Gasteiger partial charge in [0.05, 0.1) is 21.2 Å². The summed E-state index contributed by atoms with van der Waals surface area (Å²) in [5.74, 6) is 0. The Morgan fingerprint density at radius 2 is 1.86 bits per heavy atom. The average molecular weight is 500 g/mol. The fourth-order valence-corrected chi connectivity index (χ4v) is 6.12. The quantitative estimate of drug-likeness (QED) is 0.298. The molecule has 2 heterocycles. The highest BCUT2D eigenvalue weighted by molar-refractivity contribution is 7.07. The van der Waals surface area contributed by atoms with Gasteiger partial charge in [0.25, 0.3) is 11.2 Å². The summed E-state index contributed by atoms with van der Waals surface area (Å²) in [5.41, 5.74) is 5.55. The van der Waals surface area contributed by atoms with Crippen molar-refractivity contribution in [3.63, 3.8) is 0 Å². The Labute approximate surface area is 208 Å². The van der Waals surface area contributed by atoms with Gasteiger partial charge in [-0.15, -0.1) is 0 Å². The molecular weight excluding hydrogens is 482 g/mol. The van der Waals surface area contributed by atoms with Gasteiger partial charge in [-0.25, -0.2) is 4.99 Å². The van der Waals surface area contributed by atoms with E-state index in [1.54, 1.807) is 22.8 Å². The number of nitro benzene ring substituents is 1. The number of hydrogen-bond donors (Lipinski definition) is 0. The summed E-state index contributed by atoms with van der Waals surface area (Å²) in [6.45, 7) is 0. The lowest BCUT2D eigenvalue weighted by Gasteiger charge is -2.31. The van der Waals surface area contributed by atoms with Crippen molar-refractivity contribution >= 4 is 40.4 Å². The van der Waals surface area contributed by atoms with Crippen LogP contribution in [0.15, 0.2) is 88.2 Å². The van der Waals surface area contributed by atoms with Crippen LogP contribution in [0.4, 0.5) is 5.69 Å². The second kappa shape index (κ2) is 8.45. The molecule has 8 heteroatoms. The Hall–Kier alpha value is -3.81.